The van der Waals surface area contributed by atoms with Gasteiger partial charge in [0.1, 0.15) is 11.9 Å². The molecule has 0 radical (unpaired) electrons. The van der Waals surface area contributed by atoms with Gasteiger partial charge in [0.05, 0.1) is 6.10 Å². The van der Waals surface area contributed by atoms with E-state index in [0.29, 0.717) is 5.56 Å². The van der Waals surface area contributed by atoms with Gasteiger partial charge < -0.3 is 9.47 Å². The van der Waals surface area contributed by atoms with Crippen molar-refractivity contribution in [2.24, 2.45) is 0 Å². The molecular formula is C11H13FO2. The van der Waals surface area contributed by atoms with Crippen LogP contribution in [0.1, 0.15) is 25.5 Å². The molecular weight excluding hydrogens is 183 g/mol. The van der Waals surface area contributed by atoms with Gasteiger partial charge in [-0.05, 0) is 19.9 Å². The summed E-state index contributed by atoms with van der Waals surface area (Å²) in [5.74, 6) is -0.234. The molecule has 0 aromatic heterocycles. The molecule has 1 aliphatic heterocycles. The molecule has 0 amide bonds. The van der Waals surface area contributed by atoms with Crippen molar-refractivity contribution in [1.82, 2.24) is 0 Å². The zero-order valence-corrected chi connectivity index (χ0v) is 8.24. The predicted molar refractivity (Wildman–Crippen MR) is 50.2 cm³/mol. The van der Waals surface area contributed by atoms with Crippen molar-refractivity contribution in [3.05, 3.63) is 35.6 Å². The average Bonchev–Trinajstić information content (AvgIpc) is 2.46. The monoisotopic (exact) mass is 196 g/mol. The maximum Gasteiger partial charge on any atom is 0.156 e. The van der Waals surface area contributed by atoms with Crippen molar-refractivity contribution in [2.75, 3.05) is 0 Å². The van der Waals surface area contributed by atoms with E-state index in [4.69, 9.17) is 9.47 Å². The van der Waals surface area contributed by atoms with Crippen LogP contribution in [0.3, 0.4) is 0 Å². The van der Waals surface area contributed by atoms with Gasteiger partial charge in [-0.1, -0.05) is 18.2 Å². The Morgan fingerprint density at radius 2 is 1.86 bits per heavy atom. The smallest absolute Gasteiger partial charge is 0.156 e. The van der Waals surface area contributed by atoms with E-state index >= 15 is 0 Å². The summed E-state index contributed by atoms with van der Waals surface area (Å²) in [5.41, 5.74) is 0.573. The summed E-state index contributed by atoms with van der Waals surface area (Å²) >= 11 is 0. The molecule has 1 unspecified atom stereocenters. The largest absolute Gasteiger partial charge is 0.347 e. The van der Waals surface area contributed by atoms with Gasteiger partial charge in [0, 0.05) is 5.56 Å². The summed E-state index contributed by atoms with van der Waals surface area (Å²) in [6.07, 6.45) is -0.636. The summed E-state index contributed by atoms with van der Waals surface area (Å²) in [6, 6.07) is 6.65. The number of halogens is 1. The Morgan fingerprint density at radius 1 is 1.14 bits per heavy atom. The van der Waals surface area contributed by atoms with E-state index < -0.39 is 0 Å². The first-order valence-corrected chi connectivity index (χ1v) is 4.74. The Bertz CT molecular complexity index is 327. The van der Waals surface area contributed by atoms with Crippen molar-refractivity contribution in [1.29, 1.82) is 0 Å². The van der Waals surface area contributed by atoms with Gasteiger partial charge in [-0.2, -0.15) is 0 Å². The van der Waals surface area contributed by atoms with Crippen LogP contribution >= 0.6 is 0 Å². The van der Waals surface area contributed by atoms with Crippen LogP contribution in [-0.4, -0.2) is 12.4 Å². The SMILES string of the molecule is CC1O[C@H](c2ccccc2F)[C@@H](C)O1. The van der Waals surface area contributed by atoms with Crippen LogP contribution in [0.15, 0.2) is 24.3 Å². The normalized spacial score (nSPS) is 32.1. The minimum Gasteiger partial charge on any atom is -0.347 e. The van der Waals surface area contributed by atoms with Crippen LogP contribution in [0.2, 0.25) is 0 Å². The molecule has 1 aromatic carbocycles. The Kier molecular flexibility index (Phi) is 2.52. The first kappa shape index (κ1) is 9.62. The highest BCUT2D eigenvalue weighted by molar-refractivity contribution is 5.21. The van der Waals surface area contributed by atoms with E-state index in [1.54, 1.807) is 18.2 Å². The first-order valence-electron chi connectivity index (χ1n) is 4.74. The summed E-state index contributed by atoms with van der Waals surface area (Å²) < 4.78 is 24.3. The van der Waals surface area contributed by atoms with Gasteiger partial charge in [-0.3, -0.25) is 0 Å². The fourth-order valence-electron chi connectivity index (χ4n) is 1.75. The summed E-state index contributed by atoms with van der Waals surface area (Å²) in [5, 5.41) is 0. The Hall–Kier alpha value is -0.930. The van der Waals surface area contributed by atoms with Gasteiger partial charge in [0.25, 0.3) is 0 Å². The van der Waals surface area contributed by atoms with E-state index in [9.17, 15) is 4.39 Å². The quantitative estimate of drug-likeness (QED) is 0.687. The molecule has 1 saturated heterocycles. The molecule has 0 spiro atoms. The van der Waals surface area contributed by atoms with Gasteiger partial charge in [0.15, 0.2) is 6.29 Å². The van der Waals surface area contributed by atoms with E-state index in [-0.39, 0.29) is 24.3 Å². The van der Waals surface area contributed by atoms with Crippen molar-refractivity contribution in [3.8, 4) is 0 Å². The van der Waals surface area contributed by atoms with Gasteiger partial charge in [-0.25, -0.2) is 4.39 Å². The highest BCUT2D eigenvalue weighted by atomic mass is 19.1. The minimum absolute atomic E-state index is 0.0955. The second-order valence-electron chi connectivity index (χ2n) is 3.49. The highest BCUT2D eigenvalue weighted by Crippen LogP contribution is 2.33. The van der Waals surface area contributed by atoms with Crippen LogP contribution < -0.4 is 0 Å². The van der Waals surface area contributed by atoms with E-state index in [1.807, 2.05) is 13.8 Å². The lowest BCUT2D eigenvalue weighted by Gasteiger charge is -2.13. The fraction of sp³-hybridized carbons (Fsp3) is 0.455. The van der Waals surface area contributed by atoms with Gasteiger partial charge in [0.2, 0.25) is 0 Å². The van der Waals surface area contributed by atoms with Crippen LogP contribution in [0.5, 0.6) is 0 Å². The molecule has 1 aliphatic rings. The van der Waals surface area contributed by atoms with Crippen LogP contribution in [0.25, 0.3) is 0 Å². The molecule has 2 rings (SSSR count). The zero-order valence-electron chi connectivity index (χ0n) is 8.24. The first-order chi connectivity index (χ1) is 6.68. The van der Waals surface area contributed by atoms with E-state index in [0.717, 1.165) is 0 Å². The fourth-order valence-corrected chi connectivity index (χ4v) is 1.75. The molecule has 0 N–H and O–H groups in total. The molecule has 3 heteroatoms. The topological polar surface area (TPSA) is 18.5 Å². The Morgan fingerprint density at radius 3 is 2.43 bits per heavy atom. The highest BCUT2D eigenvalue weighted by Gasteiger charge is 2.32. The second kappa shape index (κ2) is 3.67. The van der Waals surface area contributed by atoms with Crippen molar-refractivity contribution in [3.63, 3.8) is 0 Å². The lowest BCUT2D eigenvalue weighted by atomic mass is 10.1. The third kappa shape index (κ3) is 1.65. The number of ether oxygens (including phenoxy) is 2. The average molecular weight is 196 g/mol. The third-order valence-electron chi connectivity index (χ3n) is 2.38. The van der Waals surface area contributed by atoms with Crippen LogP contribution in [0.4, 0.5) is 4.39 Å². The molecule has 0 aliphatic carbocycles. The minimum atomic E-state index is -0.286. The van der Waals surface area contributed by atoms with Crippen molar-refractivity contribution >= 4 is 0 Å². The predicted octanol–water partition coefficient (Wildman–Crippen LogP) is 2.65. The number of rotatable bonds is 1. The number of benzene rings is 1. The lowest BCUT2D eigenvalue weighted by molar-refractivity contribution is -0.0497. The van der Waals surface area contributed by atoms with E-state index in [2.05, 4.69) is 0 Å². The van der Waals surface area contributed by atoms with Gasteiger partial charge >= 0.3 is 0 Å². The number of hydrogen-bond acceptors (Lipinski definition) is 2. The van der Waals surface area contributed by atoms with Crippen LogP contribution in [0, 0.1) is 5.82 Å². The molecule has 1 aromatic rings. The molecule has 0 saturated carbocycles. The maximum absolute atomic E-state index is 13.4. The molecule has 1 fully saturated rings. The second-order valence-corrected chi connectivity index (χ2v) is 3.49. The summed E-state index contributed by atoms with van der Waals surface area (Å²) in [7, 11) is 0. The standard InChI is InChI=1S/C11H13FO2/c1-7-11(14-8(2)13-7)9-5-3-4-6-10(9)12/h3-8,11H,1-2H3/t7-,8?,11+/m1/s1. The molecule has 2 nitrogen and oxygen atoms in total. The molecule has 3 atom stereocenters. The molecule has 0 bridgehead atoms. The number of hydrogen-bond donors (Lipinski definition) is 0. The van der Waals surface area contributed by atoms with E-state index in [1.165, 1.54) is 6.07 Å². The van der Waals surface area contributed by atoms with Crippen molar-refractivity contribution < 1.29 is 13.9 Å². The molecule has 14 heavy (non-hydrogen) atoms. The van der Waals surface area contributed by atoms with Gasteiger partial charge in [-0.15, -0.1) is 0 Å². The summed E-state index contributed by atoms with van der Waals surface area (Å²) in [4.78, 5) is 0. The molecule has 76 valence electrons. The van der Waals surface area contributed by atoms with Crippen molar-refractivity contribution in [2.45, 2.75) is 32.3 Å². The third-order valence-corrected chi connectivity index (χ3v) is 2.38. The van der Waals surface area contributed by atoms with Crippen LogP contribution in [-0.2, 0) is 9.47 Å². The zero-order chi connectivity index (χ0) is 10.1. The summed E-state index contributed by atoms with van der Waals surface area (Å²) in [6.45, 7) is 3.71. The maximum atomic E-state index is 13.4. The Labute approximate surface area is 82.6 Å². The lowest BCUT2D eigenvalue weighted by Crippen LogP contribution is -2.11. The Balaban J connectivity index is 2.27. The molecule has 1 heterocycles.